The summed E-state index contributed by atoms with van der Waals surface area (Å²) in [6.45, 7) is 1.27. The highest BCUT2D eigenvalue weighted by molar-refractivity contribution is 6.30. The van der Waals surface area contributed by atoms with Crippen molar-refractivity contribution in [1.82, 2.24) is 5.32 Å². The summed E-state index contributed by atoms with van der Waals surface area (Å²) in [6, 6.07) is 6.48. The summed E-state index contributed by atoms with van der Waals surface area (Å²) >= 11 is 5.76. The van der Waals surface area contributed by atoms with E-state index < -0.39 is 5.60 Å². The van der Waals surface area contributed by atoms with Gasteiger partial charge in [-0.25, -0.2) is 4.79 Å². The average Bonchev–Trinajstić information content (AvgIpc) is 2.40. The first-order valence-electron chi connectivity index (χ1n) is 6.18. The summed E-state index contributed by atoms with van der Waals surface area (Å²) in [5, 5.41) is 16.1. The largest absolute Gasteiger partial charge is 0.388 e. The molecule has 104 valence electrons. The Balaban J connectivity index is 1.79. The van der Waals surface area contributed by atoms with Crippen molar-refractivity contribution < 1.29 is 14.6 Å². The number of benzene rings is 1. The van der Waals surface area contributed by atoms with Crippen LogP contribution in [0.4, 0.5) is 10.5 Å². The summed E-state index contributed by atoms with van der Waals surface area (Å²) in [5.74, 6) is 0. The molecule has 0 aliphatic carbocycles. The zero-order valence-corrected chi connectivity index (χ0v) is 11.2. The van der Waals surface area contributed by atoms with Gasteiger partial charge < -0.3 is 20.5 Å². The molecule has 0 unspecified atom stereocenters. The molecule has 1 aliphatic heterocycles. The maximum Gasteiger partial charge on any atom is 0.319 e. The number of ether oxygens (including phenoxy) is 1. The molecule has 1 aliphatic rings. The molecule has 1 heterocycles. The van der Waals surface area contributed by atoms with Crippen LogP contribution in [0.2, 0.25) is 5.02 Å². The van der Waals surface area contributed by atoms with Crippen molar-refractivity contribution in [3.8, 4) is 0 Å². The number of carbonyl (C=O) groups is 1. The molecule has 2 amide bonds. The normalized spacial score (nSPS) is 17.8. The second kappa shape index (κ2) is 6.23. The van der Waals surface area contributed by atoms with Crippen molar-refractivity contribution in [2.24, 2.45) is 0 Å². The second-order valence-electron chi connectivity index (χ2n) is 4.65. The Morgan fingerprint density at radius 1 is 1.32 bits per heavy atom. The van der Waals surface area contributed by atoms with Gasteiger partial charge in [-0.15, -0.1) is 0 Å². The molecule has 19 heavy (non-hydrogen) atoms. The summed E-state index contributed by atoms with van der Waals surface area (Å²) in [4.78, 5) is 11.7. The van der Waals surface area contributed by atoms with E-state index in [4.69, 9.17) is 16.3 Å². The number of hydrogen-bond donors (Lipinski definition) is 3. The van der Waals surface area contributed by atoms with Crippen LogP contribution in [-0.2, 0) is 4.74 Å². The van der Waals surface area contributed by atoms with Gasteiger partial charge in [0.2, 0.25) is 0 Å². The fraction of sp³-hybridized carbons (Fsp3) is 0.462. The van der Waals surface area contributed by atoms with Crippen LogP contribution in [0, 0.1) is 0 Å². The Morgan fingerprint density at radius 2 is 1.95 bits per heavy atom. The quantitative estimate of drug-likeness (QED) is 0.795. The summed E-state index contributed by atoms with van der Waals surface area (Å²) in [6.07, 6.45) is 1.07. The first-order chi connectivity index (χ1) is 9.07. The standard InChI is InChI=1S/C13H17ClN2O3/c14-10-1-3-11(4-2-10)16-12(17)15-9-13(18)5-7-19-8-6-13/h1-4,18H,5-9H2,(H2,15,16,17). The lowest BCUT2D eigenvalue weighted by atomic mass is 9.94. The van der Waals surface area contributed by atoms with Gasteiger partial charge in [-0.1, -0.05) is 11.6 Å². The Labute approximate surface area is 116 Å². The minimum atomic E-state index is -0.865. The number of aliphatic hydroxyl groups is 1. The molecule has 1 fully saturated rings. The number of nitrogens with one attached hydrogen (secondary N) is 2. The molecule has 6 heteroatoms. The molecule has 1 aromatic rings. The van der Waals surface area contributed by atoms with E-state index in [0.29, 0.717) is 36.8 Å². The highest BCUT2D eigenvalue weighted by Gasteiger charge is 2.30. The third-order valence-electron chi connectivity index (χ3n) is 3.10. The van der Waals surface area contributed by atoms with Crippen LogP contribution in [0.1, 0.15) is 12.8 Å². The van der Waals surface area contributed by atoms with E-state index in [1.165, 1.54) is 0 Å². The monoisotopic (exact) mass is 284 g/mol. The molecule has 2 rings (SSSR count). The van der Waals surface area contributed by atoms with Gasteiger partial charge in [-0.05, 0) is 24.3 Å². The molecule has 3 N–H and O–H groups in total. The summed E-state index contributed by atoms with van der Waals surface area (Å²) < 4.78 is 5.18. The molecule has 0 spiro atoms. The predicted molar refractivity (Wildman–Crippen MR) is 73.5 cm³/mol. The highest BCUT2D eigenvalue weighted by atomic mass is 35.5. The van der Waals surface area contributed by atoms with Gasteiger partial charge in [0.15, 0.2) is 0 Å². The van der Waals surface area contributed by atoms with E-state index >= 15 is 0 Å². The topological polar surface area (TPSA) is 70.6 Å². The second-order valence-corrected chi connectivity index (χ2v) is 5.09. The van der Waals surface area contributed by atoms with Crippen LogP contribution in [0.3, 0.4) is 0 Å². The van der Waals surface area contributed by atoms with Gasteiger partial charge in [0.1, 0.15) is 0 Å². The number of rotatable bonds is 3. The third kappa shape index (κ3) is 4.38. The van der Waals surface area contributed by atoms with Crippen LogP contribution in [0.25, 0.3) is 0 Å². The van der Waals surface area contributed by atoms with E-state index in [2.05, 4.69) is 10.6 Å². The van der Waals surface area contributed by atoms with Gasteiger partial charge in [0, 0.05) is 43.3 Å². The number of urea groups is 1. The van der Waals surface area contributed by atoms with Crippen molar-refractivity contribution in [3.63, 3.8) is 0 Å². The average molecular weight is 285 g/mol. The van der Waals surface area contributed by atoms with Gasteiger partial charge >= 0.3 is 6.03 Å². The Bertz CT molecular complexity index is 430. The first kappa shape index (κ1) is 14.1. The van der Waals surface area contributed by atoms with E-state index in [1.54, 1.807) is 24.3 Å². The Morgan fingerprint density at radius 3 is 2.58 bits per heavy atom. The van der Waals surface area contributed by atoms with Crippen molar-refractivity contribution >= 4 is 23.3 Å². The van der Waals surface area contributed by atoms with E-state index in [9.17, 15) is 9.90 Å². The van der Waals surface area contributed by atoms with Crippen molar-refractivity contribution in [2.45, 2.75) is 18.4 Å². The molecular formula is C13H17ClN2O3. The molecule has 0 atom stereocenters. The Hall–Kier alpha value is -1.30. The SMILES string of the molecule is O=C(NCC1(O)CCOCC1)Nc1ccc(Cl)cc1. The smallest absolute Gasteiger partial charge is 0.319 e. The lowest BCUT2D eigenvalue weighted by Gasteiger charge is -2.32. The van der Waals surface area contributed by atoms with Crippen molar-refractivity contribution in [1.29, 1.82) is 0 Å². The van der Waals surface area contributed by atoms with E-state index in [-0.39, 0.29) is 12.6 Å². The van der Waals surface area contributed by atoms with Crippen LogP contribution in [0.5, 0.6) is 0 Å². The molecule has 1 saturated heterocycles. The van der Waals surface area contributed by atoms with Crippen LogP contribution < -0.4 is 10.6 Å². The lowest BCUT2D eigenvalue weighted by Crippen LogP contribution is -2.47. The zero-order valence-electron chi connectivity index (χ0n) is 10.5. The third-order valence-corrected chi connectivity index (χ3v) is 3.36. The predicted octanol–water partition coefficient (Wildman–Crippen LogP) is 2.00. The van der Waals surface area contributed by atoms with Crippen LogP contribution >= 0.6 is 11.6 Å². The molecule has 0 aromatic heterocycles. The number of halogens is 1. The molecule has 0 radical (unpaired) electrons. The van der Waals surface area contributed by atoms with Gasteiger partial charge in [-0.2, -0.15) is 0 Å². The Kier molecular flexibility index (Phi) is 4.63. The van der Waals surface area contributed by atoms with Crippen LogP contribution in [-0.4, -0.2) is 36.5 Å². The van der Waals surface area contributed by atoms with Gasteiger partial charge in [-0.3, -0.25) is 0 Å². The fourth-order valence-corrected chi connectivity index (χ4v) is 2.01. The molecule has 1 aromatic carbocycles. The van der Waals surface area contributed by atoms with Gasteiger partial charge in [0.25, 0.3) is 0 Å². The van der Waals surface area contributed by atoms with Crippen molar-refractivity contribution in [2.75, 3.05) is 25.1 Å². The number of carbonyl (C=O) groups excluding carboxylic acids is 1. The summed E-state index contributed by atoms with van der Waals surface area (Å²) in [5.41, 5.74) is -0.212. The maximum atomic E-state index is 11.7. The van der Waals surface area contributed by atoms with Crippen molar-refractivity contribution in [3.05, 3.63) is 29.3 Å². The number of hydrogen-bond acceptors (Lipinski definition) is 3. The maximum absolute atomic E-state index is 11.7. The number of anilines is 1. The molecule has 5 nitrogen and oxygen atoms in total. The molecule has 0 saturated carbocycles. The van der Waals surface area contributed by atoms with E-state index in [1.807, 2.05) is 0 Å². The minimum Gasteiger partial charge on any atom is -0.388 e. The van der Waals surface area contributed by atoms with Gasteiger partial charge in [0.05, 0.1) is 5.60 Å². The zero-order chi connectivity index (χ0) is 13.7. The fourth-order valence-electron chi connectivity index (χ4n) is 1.88. The first-order valence-corrected chi connectivity index (χ1v) is 6.56. The molecular weight excluding hydrogens is 268 g/mol. The summed E-state index contributed by atoms with van der Waals surface area (Å²) in [7, 11) is 0. The number of amides is 2. The molecule has 0 bridgehead atoms. The van der Waals surface area contributed by atoms with Crippen LogP contribution in [0.15, 0.2) is 24.3 Å². The lowest BCUT2D eigenvalue weighted by molar-refractivity contribution is -0.0598. The highest BCUT2D eigenvalue weighted by Crippen LogP contribution is 2.19. The van der Waals surface area contributed by atoms with E-state index in [0.717, 1.165) is 0 Å². The minimum absolute atomic E-state index is 0.218.